The maximum absolute atomic E-state index is 6.00. The van der Waals surface area contributed by atoms with Gasteiger partial charge in [-0.25, -0.2) is 4.98 Å². The number of rotatable bonds is 4. The minimum Gasteiger partial charge on any atom is -0.372 e. The number of hydrogen-bond donors (Lipinski definition) is 2. The van der Waals surface area contributed by atoms with E-state index in [0.29, 0.717) is 22.5 Å². The molecule has 1 aliphatic heterocycles. The summed E-state index contributed by atoms with van der Waals surface area (Å²) < 4.78 is 0. The molecule has 0 atom stereocenters. The van der Waals surface area contributed by atoms with Gasteiger partial charge in [0.05, 0.1) is 5.69 Å². The summed E-state index contributed by atoms with van der Waals surface area (Å²) >= 11 is 11.3. The topological polar surface area (TPSA) is 40.2 Å². The SMILES string of the molecule is S=C(NCc1ccc(N2CCCC2)cc1)Nc1cccnc1Cl. The van der Waals surface area contributed by atoms with Crippen LogP contribution in [0.5, 0.6) is 0 Å². The van der Waals surface area contributed by atoms with Gasteiger partial charge in [0.25, 0.3) is 0 Å². The second-order valence-corrected chi connectivity index (χ2v) is 6.28. The van der Waals surface area contributed by atoms with Gasteiger partial charge in [-0.2, -0.15) is 0 Å². The Hall–Kier alpha value is -1.85. The molecule has 1 saturated heterocycles. The predicted octanol–water partition coefficient (Wildman–Crippen LogP) is 3.82. The number of anilines is 2. The van der Waals surface area contributed by atoms with E-state index in [1.165, 1.54) is 24.1 Å². The molecule has 1 aliphatic rings. The highest BCUT2D eigenvalue weighted by molar-refractivity contribution is 7.80. The molecule has 0 spiro atoms. The molecule has 2 aromatic rings. The third-order valence-corrected chi connectivity index (χ3v) is 4.42. The molecule has 0 amide bonds. The Balaban J connectivity index is 1.51. The molecule has 23 heavy (non-hydrogen) atoms. The number of halogens is 1. The zero-order valence-electron chi connectivity index (χ0n) is 12.8. The number of hydrogen-bond acceptors (Lipinski definition) is 3. The number of pyridine rings is 1. The Kier molecular flexibility index (Phi) is 5.31. The normalized spacial score (nSPS) is 13.9. The predicted molar refractivity (Wildman–Crippen MR) is 100 cm³/mol. The highest BCUT2D eigenvalue weighted by Gasteiger charge is 2.11. The minimum absolute atomic E-state index is 0.409. The maximum atomic E-state index is 6.00. The summed E-state index contributed by atoms with van der Waals surface area (Å²) in [6.07, 6.45) is 4.23. The van der Waals surface area contributed by atoms with Gasteiger partial charge in [0.15, 0.2) is 10.3 Å². The van der Waals surface area contributed by atoms with Crippen molar-refractivity contribution < 1.29 is 0 Å². The number of thiocarbonyl (C=S) groups is 1. The Bertz CT molecular complexity index is 669. The number of nitrogens with zero attached hydrogens (tertiary/aromatic N) is 2. The number of nitrogens with one attached hydrogen (secondary N) is 2. The van der Waals surface area contributed by atoms with Gasteiger partial charge in [-0.3, -0.25) is 0 Å². The van der Waals surface area contributed by atoms with Gasteiger partial charge in [0.2, 0.25) is 0 Å². The Morgan fingerprint density at radius 1 is 1.17 bits per heavy atom. The van der Waals surface area contributed by atoms with Crippen molar-refractivity contribution in [2.75, 3.05) is 23.3 Å². The van der Waals surface area contributed by atoms with E-state index in [9.17, 15) is 0 Å². The second kappa shape index (κ2) is 7.62. The smallest absolute Gasteiger partial charge is 0.171 e. The van der Waals surface area contributed by atoms with Crippen LogP contribution in [0.25, 0.3) is 0 Å². The van der Waals surface area contributed by atoms with Crippen LogP contribution in [-0.2, 0) is 6.54 Å². The fourth-order valence-electron chi connectivity index (χ4n) is 2.63. The van der Waals surface area contributed by atoms with E-state index in [-0.39, 0.29) is 0 Å². The van der Waals surface area contributed by atoms with E-state index in [4.69, 9.17) is 23.8 Å². The van der Waals surface area contributed by atoms with Crippen LogP contribution in [0.4, 0.5) is 11.4 Å². The molecule has 0 aliphatic carbocycles. The van der Waals surface area contributed by atoms with Crippen LogP contribution in [0.15, 0.2) is 42.6 Å². The van der Waals surface area contributed by atoms with Crippen molar-refractivity contribution in [3.05, 3.63) is 53.3 Å². The number of benzene rings is 1. The van der Waals surface area contributed by atoms with Crippen molar-refractivity contribution >= 4 is 40.3 Å². The monoisotopic (exact) mass is 346 g/mol. The van der Waals surface area contributed by atoms with Gasteiger partial charge in [-0.05, 0) is 54.9 Å². The number of aromatic nitrogens is 1. The molecule has 0 radical (unpaired) electrons. The molecule has 120 valence electrons. The molecule has 2 heterocycles. The van der Waals surface area contributed by atoms with Crippen LogP contribution in [0.2, 0.25) is 5.15 Å². The van der Waals surface area contributed by atoms with Crippen molar-refractivity contribution in [3.63, 3.8) is 0 Å². The molecule has 1 aromatic carbocycles. The molecular formula is C17H19ClN4S. The van der Waals surface area contributed by atoms with Crippen LogP contribution in [0, 0.1) is 0 Å². The average Bonchev–Trinajstić information content (AvgIpc) is 3.10. The van der Waals surface area contributed by atoms with Crippen molar-refractivity contribution in [1.82, 2.24) is 10.3 Å². The lowest BCUT2D eigenvalue weighted by atomic mass is 10.2. The standard InChI is InChI=1S/C17H19ClN4S/c18-16-15(4-3-9-19-16)21-17(23)20-12-13-5-7-14(8-6-13)22-10-1-2-11-22/h3-9H,1-2,10-12H2,(H2,20,21,23). The summed E-state index contributed by atoms with van der Waals surface area (Å²) in [5.74, 6) is 0. The molecule has 1 fully saturated rings. The molecule has 0 unspecified atom stereocenters. The Morgan fingerprint density at radius 2 is 1.91 bits per heavy atom. The van der Waals surface area contributed by atoms with E-state index < -0.39 is 0 Å². The van der Waals surface area contributed by atoms with Gasteiger partial charge < -0.3 is 15.5 Å². The van der Waals surface area contributed by atoms with Crippen molar-refractivity contribution in [2.45, 2.75) is 19.4 Å². The van der Waals surface area contributed by atoms with E-state index in [1.54, 1.807) is 6.20 Å². The zero-order valence-corrected chi connectivity index (χ0v) is 14.3. The van der Waals surface area contributed by atoms with Crippen LogP contribution in [-0.4, -0.2) is 23.2 Å². The summed E-state index contributed by atoms with van der Waals surface area (Å²) in [6.45, 7) is 3.00. The highest BCUT2D eigenvalue weighted by Crippen LogP contribution is 2.20. The van der Waals surface area contributed by atoms with Gasteiger partial charge in [-0.1, -0.05) is 23.7 Å². The second-order valence-electron chi connectivity index (χ2n) is 5.51. The molecule has 6 heteroatoms. The molecular weight excluding hydrogens is 328 g/mol. The Morgan fingerprint density at radius 3 is 2.61 bits per heavy atom. The van der Waals surface area contributed by atoms with Crippen LogP contribution in [0.1, 0.15) is 18.4 Å². The molecule has 0 bridgehead atoms. The molecule has 3 rings (SSSR count). The quantitative estimate of drug-likeness (QED) is 0.650. The first-order valence-electron chi connectivity index (χ1n) is 7.71. The van der Waals surface area contributed by atoms with E-state index in [0.717, 1.165) is 13.1 Å². The summed E-state index contributed by atoms with van der Waals surface area (Å²) in [6, 6.07) is 12.3. The lowest BCUT2D eigenvalue weighted by Crippen LogP contribution is -2.28. The largest absolute Gasteiger partial charge is 0.372 e. The van der Waals surface area contributed by atoms with E-state index in [1.807, 2.05) is 12.1 Å². The summed E-state index contributed by atoms with van der Waals surface area (Å²) in [5, 5.41) is 7.18. The fraction of sp³-hybridized carbons (Fsp3) is 0.294. The van der Waals surface area contributed by atoms with Gasteiger partial charge >= 0.3 is 0 Å². The zero-order chi connectivity index (χ0) is 16.1. The van der Waals surface area contributed by atoms with Gasteiger partial charge in [0, 0.05) is 31.5 Å². The van der Waals surface area contributed by atoms with Crippen molar-refractivity contribution in [1.29, 1.82) is 0 Å². The first-order valence-corrected chi connectivity index (χ1v) is 8.50. The van der Waals surface area contributed by atoms with Crippen LogP contribution < -0.4 is 15.5 Å². The molecule has 2 N–H and O–H groups in total. The average molecular weight is 347 g/mol. The highest BCUT2D eigenvalue weighted by atomic mass is 35.5. The van der Waals surface area contributed by atoms with Crippen molar-refractivity contribution in [2.24, 2.45) is 0 Å². The maximum Gasteiger partial charge on any atom is 0.171 e. The molecule has 4 nitrogen and oxygen atoms in total. The van der Waals surface area contributed by atoms with Gasteiger partial charge in [-0.15, -0.1) is 0 Å². The third-order valence-electron chi connectivity index (χ3n) is 3.87. The first-order chi connectivity index (χ1) is 11.2. The van der Waals surface area contributed by atoms with Crippen LogP contribution >= 0.6 is 23.8 Å². The molecule has 0 saturated carbocycles. The van der Waals surface area contributed by atoms with Gasteiger partial charge in [0.1, 0.15) is 0 Å². The lowest BCUT2D eigenvalue weighted by Gasteiger charge is -2.18. The fourth-order valence-corrected chi connectivity index (χ4v) is 2.98. The van der Waals surface area contributed by atoms with E-state index >= 15 is 0 Å². The first kappa shape index (κ1) is 16.0. The third kappa shape index (κ3) is 4.33. The lowest BCUT2D eigenvalue weighted by molar-refractivity contribution is 0.920. The molecule has 1 aromatic heterocycles. The van der Waals surface area contributed by atoms with E-state index in [2.05, 4.69) is 44.8 Å². The minimum atomic E-state index is 0.409. The summed E-state index contributed by atoms with van der Waals surface area (Å²) in [4.78, 5) is 6.43. The summed E-state index contributed by atoms with van der Waals surface area (Å²) in [5.41, 5.74) is 3.19. The summed E-state index contributed by atoms with van der Waals surface area (Å²) in [7, 11) is 0. The van der Waals surface area contributed by atoms with Crippen LogP contribution in [0.3, 0.4) is 0 Å². The Labute approximate surface area is 146 Å². The van der Waals surface area contributed by atoms with Crippen molar-refractivity contribution in [3.8, 4) is 0 Å².